The molecule has 4 fully saturated rings. The molecule has 1 aromatic rings. The minimum absolute atomic E-state index is 0.0767. The van der Waals surface area contributed by atoms with Gasteiger partial charge in [-0.2, -0.15) is 13.2 Å². The fourth-order valence-electron chi connectivity index (χ4n) is 8.89. The molecule has 2 aliphatic heterocycles. The van der Waals surface area contributed by atoms with E-state index in [0.717, 1.165) is 17.7 Å². The number of anilines is 1. The number of amides is 4. The first-order valence-electron chi connectivity index (χ1n) is 15.0. The van der Waals surface area contributed by atoms with Gasteiger partial charge in [-0.15, -0.1) is 0 Å². The largest absolute Gasteiger partial charge is 0.417 e. The average molecular weight is 575 g/mol. The van der Waals surface area contributed by atoms with E-state index in [1.54, 1.807) is 6.92 Å². The van der Waals surface area contributed by atoms with E-state index in [1.165, 1.54) is 18.7 Å². The highest BCUT2D eigenvalue weighted by molar-refractivity contribution is 6.23. The van der Waals surface area contributed by atoms with Crippen molar-refractivity contribution in [3.05, 3.63) is 27.8 Å². The summed E-state index contributed by atoms with van der Waals surface area (Å²) in [5.74, 6) is -2.62. The van der Waals surface area contributed by atoms with E-state index in [-0.39, 0.29) is 64.3 Å². The predicted molar refractivity (Wildman–Crippen MR) is 148 cm³/mol. The number of halogens is 3. The molecule has 224 valence electrons. The molecule has 2 aliphatic carbocycles. The van der Waals surface area contributed by atoms with Crippen molar-refractivity contribution in [3.63, 3.8) is 0 Å². The second-order valence-corrected chi connectivity index (χ2v) is 13.4. The molecular weight excluding hydrogens is 533 g/mol. The summed E-state index contributed by atoms with van der Waals surface area (Å²) in [5.41, 5.74) is 0.474. The summed E-state index contributed by atoms with van der Waals surface area (Å²) in [6, 6.07) is -0.176. The number of nitrogens with zero attached hydrogens (tertiary/aromatic N) is 2. The van der Waals surface area contributed by atoms with Crippen LogP contribution in [0, 0.1) is 56.3 Å². The molecule has 6 nitrogen and oxygen atoms in total. The first kappa shape index (κ1) is 29.8. The molecule has 0 radical (unpaired) electrons. The molecule has 0 aromatic heterocycles. The van der Waals surface area contributed by atoms with Gasteiger partial charge < -0.3 is 0 Å². The first-order valence-corrected chi connectivity index (χ1v) is 15.0. The van der Waals surface area contributed by atoms with Gasteiger partial charge in [0.05, 0.1) is 34.9 Å². The summed E-state index contributed by atoms with van der Waals surface area (Å²) >= 11 is 0. The van der Waals surface area contributed by atoms with Crippen LogP contribution < -0.4 is 4.90 Å². The smallest absolute Gasteiger partial charge is 0.280 e. The Morgan fingerprint density at radius 3 is 1.61 bits per heavy atom. The second-order valence-electron chi connectivity index (χ2n) is 13.4. The van der Waals surface area contributed by atoms with Crippen LogP contribution in [0.2, 0.25) is 0 Å². The van der Waals surface area contributed by atoms with E-state index in [2.05, 4.69) is 0 Å². The summed E-state index contributed by atoms with van der Waals surface area (Å²) in [4.78, 5) is 56.1. The number of carbonyl (C=O) groups is 4. The van der Waals surface area contributed by atoms with Gasteiger partial charge in [-0.1, -0.05) is 13.8 Å². The van der Waals surface area contributed by atoms with Gasteiger partial charge in [-0.3, -0.25) is 24.1 Å². The maximum Gasteiger partial charge on any atom is 0.417 e. The van der Waals surface area contributed by atoms with Crippen molar-refractivity contribution >= 4 is 29.3 Å². The summed E-state index contributed by atoms with van der Waals surface area (Å²) in [6.07, 6.45) is -0.864. The molecule has 2 saturated heterocycles. The Morgan fingerprint density at radius 2 is 1.12 bits per heavy atom. The lowest BCUT2D eigenvalue weighted by Gasteiger charge is -2.38. The van der Waals surface area contributed by atoms with Crippen LogP contribution in [-0.2, 0) is 25.4 Å². The zero-order valence-corrected chi connectivity index (χ0v) is 25.0. The number of carbonyl (C=O) groups excluding carboxylic acids is 4. The zero-order chi connectivity index (χ0) is 30.3. The number of fused-ring (bicyclic) bond motifs is 2. The van der Waals surface area contributed by atoms with Gasteiger partial charge in [0.1, 0.15) is 0 Å². The van der Waals surface area contributed by atoms with Gasteiger partial charge in [-0.05, 0) is 113 Å². The highest BCUT2D eigenvalue weighted by Gasteiger charge is 2.55. The van der Waals surface area contributed by atoms with Gasteiger partial charge in [0.15, 0.2) is 0 Å². The van der Waals surface area contributed by atoms with Crippen molar-refractivity contribution in [3.8, 4) is 0 Å². The minimum atomic E-state index is -4.62. The normalized spacial score (nSPS) is 30.6. The molecule has 5 rings (SSSR count). The Kier molecular flexibility index (Phi) is 7.43. The van der Waals surface area contributed by atoms with Crippen molar-refractivity contribution in [2.45, 2.75) is 105 Å². The Labute approximate surface area is 240 Å². The fourth-order valence-corrected chi connectivity index (χ4v) is 8.89. The molecule has 2 heterocycles. The van der Waals surface area contributed by atoms with Gasteiger partial charge in [0.2, 0.25) is 23.6 Å². The standard InChI is InChI=1S/C32H41F3N2O4/c1-14(2)25-16(5)26(32(33,34)35)18(7)27(17(25)6)37-29(39)22-11-9-20(13-24(22)31(37)41)19-8-10-21-23(12-19)30(40)36(15(3)4)28(21)38/h14-15,19-24H,8-13H2,1-7H3. The number of likely N-dealkylation sites (tertiary alicyclic amines) is 1. The molecule has 6 unspecified atom stereocenters. The van der Waals surface area contributed by atoms with Gasteiger partial charge in [0.25, 0.3) is 0 Å². The highest BCUT2D eigenvalue weighted by Crippen LogP contribution is 2.52. The molecule has 0 N–H and O–H groups in total. The fraction of sp³-hybridized carbons (Fsp3) is 0.688. The van der Waals surface area contributed by atoms with Crippen LogP contribution in [0.3, 0.4) is 0 Å². The minimum Gasteiger partial charge on any atom is -0.280 e. The molecule has 4 amide bonds. The quantitative estimate of drug-likeness (QED) is 0.387. The second kappa shape index (κ2) is 10.2. The third kappa shape index (κ3) is 4.53. The van der Waals surface area contributed by atoms with Crippen LogP contribution in [0.1, 0.15) is 100.0 Å². The van der Waals surface area contributed by atoms with Crippen molar-refractivity contribution in [1.29, 1.82) is 0 Å². The molecule has 0 spiro atoms. The molecule has 41 heavy (non-hydrogen) atoms. The maximum absolute atomic E-state index is 14.3. The van der Waals surface area contributed by atoms with Crippen LogP contribution in [-0.4, -0.2) is 34.6 Å². The van der Waals surface area contributed by atoms with E-state index in [1.807, 2.05) is 27.7 Å². The molecule has 1 aromatic carbocycles. The Balaban J connectivity index is 1.43. The summed E-state index contributed by atoms with van der Waals surface area (Å²) < 4.78 is 42.8. The van der Waals surface area contributed by atoms with Crippen LogP contribution in [0.5, 0.6) is 0 Å². The Bertz CT molecular complexity index is 1320. The average Bonchev–Trinajstić information content (AvgIpc) is 3.27. The number of hydrogen-bond donors (Lipinski definition) is 0. The molecule has 4 aliphatic rings. The number of imide groups is 2. The van der Waals surface area contributed by atoms with E-state index >= 15 is 0 Å². The highest BCUT2D eigenvalue weighted by atomic mass is 19.4. The van der Waals surface area contributed by atoms with Crippen LogP contribution >= 0.6 is 0 Å². The molecular formula is C32H41F3N2O4. The number of benzene rings is 1. The van der Waals surface area contributed by atoms with E-state index in [9.17, 15) is 32.3 Å². The van der Waals surface area contributed by atoms with Crippen LogP contribution in [0.15, 0.2) is 0 Å². The van der Waals surface area contributed by atoms with Crippen LogP contribution in [0.25, 0.3) is 0 Å². The maximum atomic E-state index is 14.3. The monoisotopic (exact) mass is 574 g/mol. The van der Waals surface area contributed by atoms with E-state index in [4.69, 9.17) is 0 Å². The first-order chi connectivity index (χ1) is 19.1. The van der Waals surface area contributed by atoms with Crippen molar-refractivity contribution in [1.82, 2.24) is 4.90 Å². The topological polar surface area (TPSA) is 74.8 Å². The molecule has 6 atom stereocenters. The van der Waals surface area contributed by atoms with Crippen molar-refractivity contribution < 1.29 is 32.3 Å². The summed E-state index contributed by atoms with van der Waals surface area (Å²) in [7, 11) is 0. The summed E-state index contributed by atoms with van der Waals surface area (Å²) in [6.45, 7) is 11.9. The number of rotatable bonds is 4. The lowest BCUT2D eigenvalue weighted by atomic mass is 9.64. The van der Waals surface area contributed by atoms with Crippen LogP contribution in [0.4, 0.5) is 18.9 Å². The van der Waals surface area contributed by atoms with Gasteiger partial charge in [-0.25, -0.2) is 4.90 Å². The van der Waals surface area contributed by atoms with Crippen molar-refractivity contribution in [2.24, 2.45) is 35.5 Å². The number of alkyl halides is 3. The van der Waals surface area contributed by atoms with E-state index in [0.29, 0.717) is 36.8 Å². The Hall–Kier alpha value is -2.71. The number of hydrogen-bond acceptors (Lipinski definition) is 4. The molecule has 0 bridgehead atoms. The predicted octanol–water partition coefficient (Wildman–Crippen LogP) is 6.47. The van der Waals surface area contributed by atoms with Gasteiger partial charge in [0, 0.05) is 6.04 Å². The van der Waals surface area contributed by atoms with Gasteiger partial charge >= 0.3 is 6.18 Å². The van der Waals surface area contributed by atoms with E-state index < -0.39 is 35.4 Å². The third-order valence-electron chi connectivity index (χ3n) is 10.5. The Morgan fingerprint density at radius 1 is 0.659 bits per heavy atom. The lowest BCUT2D eigenvalue weighted by Crippen LogP contribution is -2.37. The lowest BCUT2D eigenvalue weighted by molar-refractivity contribution is -0.142. The summed E-state index contributed by atoms with van der Waals surface area (Å²) in [5, 5.41) is 0. The molecule has 2 saturated carbocycles. The SMILES string of the molecule is Cc1c(C(C)C)c(C)c(C(F)(F)F)c(C)c1N1C(=O)C2CCC(C3CCC4C(=O)N(C(C)C)C(=O)C4C3)CC2C1=O. The zero-order valence-electron chi connectivity index (χ0n) is 25.0. The molecule has 9 heteroatoms. The van der Waals surface area contributed by atoms with Crippen molar-refractivity contribution in [2.75, 3.05) is 4.90 Å². The third-order valence-corrected chi connectivity index (χ3v) is 10.5.